The number of aromatic nitrogens is 1. The first-order valence-corrected chi connectivity index (χ1v) is 13.5. The first-order valence-electron chi connectivity index (χ1n) is 10.8. The third-order valence-corrected chi connectivity index (χ3v) is 9.44. The Bertz CT molecular complexity index is 1090. The van der Waals surface area contributed by atoms with Crippen molar-refractivity contribution in [3.8, 4) is 0 Å². The van der Waals surface area contributed by atoms with Gasteiger partial charge in [-0.15, -0.1) is 11.3 Å². The van der Waals surface area contributed by atoms with Gasteiger partial charge in [-0.2, -0.15) is 4.31 Å². The molecule has 1 saturated carbocycles. The third kappa shape index (κ3) is 5.22. The molecule has 0 bridgehead atoms. The number of sulfonamides is 1. The van der Waals surface area contributed by atoms with Crippen LogP contribution in [0.25, 0.3) is 0 Å². The quantitative estimate of drug-likeness (QED) is 0.592. The first kappa shape index (κ1) is 24.1. The number of hydrogen-bond acceptors (Lipinski definition) is 7. The second kappa shape index (κ2) is 10.1. The third-order valence-electron chi connectivity index (χ3n) is 5.99. The van der Waals surface area contributed by atoms with Gasteiger partial charge in [-0.05, 0) is 55.7 Å². The van der Waals surface area contributed by atoms with Crippen molar-refractivity contribution < 1.29 is 18.0 Å². The molecule has 12 heteroatoms. The molecule has 2 amide bonds. The van der Waals surface area contributed by atoms with Crippen LogP contribution in [0, 0.1) is 0 Å². The Balaban J connectivity index is 1.66. The summed E-state index contributed by atoms with van der Waals surface area (Å²) in [7, 11) is -3.98. The minimum atomic E-state index is -3.98. The Morgan fingerprint density at radius 3 is 2.55 bits per heavy atom. The van der Waals surface area contributed by atoms with E-state index in [1.165, 1.54) is 29.3 Å². The van der Waals surface area contributed by atoms with E-state index >= 15 is 0 Å². The van der Waals surface area contributed by atoms with Crippen molar-refractivity contribution in [2.24, 2.45) is 5.73 Å². The second-order valence-corrected chi connectivity index (χ2v) is 11.7. The number of rotatable bonds is 5. The van der Waals surface area contributed by atoms with Gasteiger partial charge in [0.2, 0.25) is 0 Å². The average Bonchev–Trinajstić information content (AvgIpc) is 3.36. The van der Waals surface area contributed by atoms with E-state index in [9.17, 15) is 18.0 Å². The van der Waals surface area contributed by atoms with E-state index in [2.05, 4.69) is 10.3 Å². The highest BCUT2D eigenvalue weighted by Crippen LogP contribution is 2.28. The van der Waals surface area contributed by atoms with Crippen LogP contribution in [0.1, 0.15) is 42.5 Å². The fourth-order valence-electron chi connectivity index (χ4n) is 4.27. The Labute approximate surface area is 202 Å². The Kier molecular flexibility index (Phi) is 7.34. The molecule has 2 aliphatic rings. The fourth-order valence-corrected chi connectivity index (χ4v) is 7.09. The molecule has 2 aromatic rings. The topological polar surface area (TPSA) is 126 Å². The molecule has 178 valence electrons. The van der Waals surface area contributed by atoms with Gasteiger partial charge < -0.3 is 16.0 Å². The molecule has 1 atom stereocenters. The molecule has 3 N–H and O–H groups in total. The highest BCUT2D eigenvalue weighted by atomic mass is 35.5. The Morgan fingerprint density at radius 1 is 1.15 bits per heavy atom. The molecule has 0 aromatic carbocycles. The largest absolute Gasteiger partial charge is 0.350 e. The highest BCUT2D eigenvalue weighted by Gasteiger charge is 2.45. The van der Waals surface area contributed by atoms with Crippen molar-refractivity contribution in [2.75, 3.05) is 13.1 Å². The maximum Gasteiger partial charge on any atom is 0.259 e. The zero-order valence-electron chi connectivity index (χ0n) is 17.9. The predicted molar refractivity (Wildman–Crippen MR) is 125 cm³/mol. The van der Waals surface area contributed by atoms with E-state index < -0.39 is 28.0 Å². The second-order valence-electron chi connectivity index (χ2n) is 8.26. The first-order chi connectivity index (χ1) is 15.8. The molecule has 33 heavy (non-hydrogen) atoms. The zero-order chi connectivity index (χ0) is 23.6. The summed E-state index contributed by atoms with van der Waals surface area (Å²) in [4.78, 5) is 32.1. The number of nitrogens with two attached hydrogens (primary N) is 1. The summed E-state index contributed by atoms with van der Waals surface area (Å²) in [5.41, 5.74) is 6.21. The standard InChI is InChI=1S/C21H26ClN5O4S2/c22-17-9-4-14(13-24-17)21(29)26-10-2-11-27(33(30,31)18-3-1-12-32-18)20(26)19(28)25-16-7-5-15(23)6-8-16/h1,3-4,9,12-13,15-16,20H,2,5-8,10-11,23H2,(H,25,28). The molecule has 1 aliphatic carbocycles. The molecule has 0 radical (unpaired) electrons. The van der Waals surface area contributed by atoms with Gasteiger partial charge in [-0.3, -0.25) is 9.59 Å². The van der Waals surface area contributed by atoms with Crippen LogP contribution < -0.4 is 11.1 Å². The lowest BCUT2D eigenvalue weighted by Crippen LogP contribution is -2.64. The van der Waals surface area contributed by atoms with Crippen molar-refractivity contribution in [1.29, 1.82) is 0 Å². The lowest BCUT2D eigenvalue weighted by atomic mass is 9.92. The Hall–Kier alpha value is -2.05. The van der Waals surface area contributed by atoms with Crippen molar-refractivity contribution in [2.45, 2.75) is 54.6 Å². The smallest absolute Gasteiger partial charge is 0.259 e. The van der Waals surface area contributed by atoms with E-state index in [1.807, 2.05) is 0 Å². The number of halogens is 1. The van der Waals surface area contributed by atoms with Gasteiger partial charge in [-0.25, -0.2) is 13.4 Å². The van der Waals surface area contributed by atoms with E-state index in [0.717, 1.165) is 28.5 Å². The molecule has 1 unspecified atom stereocenters. The van der Waals surface area contributed by atoms with Crippen LogP contribution in [0.5, 0.6) is 0 Å². The van der Waals surface area contributed by atoms with Gasteiger partial charge >= 0.3 is 0 Å². The summed E-state index contributed by atoms with van der Waals surface area (Å²) >= 11 is 6.92. The van der Waals surface area contributed by atoms with Crippen molar-refractivity contribution in [1.82, 2.24) is 19.5 Å². The number of nitrogens with one attached hydrogen (secondary N) is 1. The van der Waals surface area contributed by atoms with Gasteiger partial charge in [0.05, 0.1) is 5.56 Å². The molecule has 3 heterocycles. The zero-order valence-corrected chi connectivity index (χ0v) is 20.3. The molecule has 1 aliphatic heterocycles. The Morgan fingerprint density at radius 2 is 1.91 bits per heavy atom. The maximum absolute atomic E-state index is 13.5. The summed E-state index contributed by atoms with van der Waals surface area (Å²) in [6.45, 7) is 0.377. The van der Waals surface area contributed by atoms with Gasteiger partial charge in [0.15, 0.2) is 6.17 Å². The summed E-state index contributed by atoms with van der Waals surface area (Å²) < 4.78 is 28.1. The number of nitrogens with zero attached hydrogens (tertiary/aromatic N) is 3. The number of carbonyl (C=O) groups excluding carboxylic acids is 2. The molecule has 9 nitrogen and oxygen atoms in total. The average molecular weight is 512 g/mol. The molecule has 2 aromatic heterocycles. The summed E-state index contributed by atoms with van der Waals surface area (Å²) in [5, 5.41) is 4.87. The summed E-state index contributed by atoms with van der Waals surface area (Å²) in [5.74, 6) is -0.985. The molecule has 2 fully saturated rings. The number of pyridine rings is 1. The molecule has 1 saturated heterocycles. The fraction of sp³-hybridized carbons (Fsp3) is 0.476. The van der Waals surface area contributed by atoms with Gasteiger partial charge in [0.1, 0.15) is 9.36 Å². The minimum absolute atomic E-state index is 0.110. The van der Waals surface area contributed by atoms with E-state index in [-0.39, 0.29) is 40.1 Å². The van der Waals surface area contributed by atoms with Crippen molar-refractivity contribution in [3.05, 3.63) is 46.6 Å². The summed E-state index contributed by atoms with van der Waals surface area (Å²) in [6, 6.07) is 6.14. The predicted octanol–water partition coefficient (Wildman–Crippen LogP) is 2.05. The highest BCUT2D eigenvalue weighted by molar-refractivity contribution is 7.91. The maximum atomic E-state index is 13.5. The van der Waals surface area contributed by atoms with Crippen LogP contribution in [0.4, 0.5) is 0 Å². The van der Waals surface area contributed by atoms with Gasteiger partial charge in [-0.1, -0.05) is 17.7 Å². The van der Waals surface area contributed by atoms with Gasteiger partial charge in [0.25, 0.3) is 21.8 Å². The van der Waals surface area contributed by atoms with Crippen LogP contribution in [0.3, 0.4) is 0 Å². The SMILES string of the molecule is NC1CCC(NC(=O)C2N(C(=O)c3ccc(Cl)nc3)CCCN2S(=O)(=O)c2cccs2)CC1. The molecule has 4 rings (SSSR count). The van der Waals surface area contributed by atoms with Crippen LogP contribution in [0.15, 0.2) is 40.1 Å². The van der Waals surface area contributed by atoms with E-state index in [1.54, 1.807) is 11.4 Å². The van der Waals surface area contributed by atoms with Gasteiger partial charge in [0, 0.05) is 31.4 Å². The van der Waals surface area contributed by atoms with E-state index in [4.69, 9.17) is 17.3 Å². The van der Waals surface area contributed by atoms with Crippen LogP contribution >= 0.6 is 22.9 Å². The number of thiophene rings is 1. The number of hydrogen-bond donors (Lipinski definition) is 2. The number of amides is 2. The van der Waals surface area contributed by atoms with Crippen molar-refractivity contribution in [3.63, 3.8) is 0 Å². The minimum Gasteiger partial charge on any atom is -0.350 e. The molecule has 0 spiro atoms. The lowest BCUT2D eigenvalue weighted by Gasteiger charge is -2.42. The normalized spacial score (nSPS) is 24.4. The monoisotopic (exact) mass is 511 g/mol. The molecular formula is C21H26ClN5O4S2. The van der Waals surface area contributed by atoms with Crippen LogP contribution in [-0.2, 0) is 14.8 Å². The molecular weight excluding hydrogens is 486 g/mol. The number of carbonyl (C=O) groups is 2. The van der Waals surface area contributed by atoms with Crippen molar-refractivity contribution >= 4 is 44.8 Å². The lowest BCUT2D eigenvalue weighted by molar-refractivity contribution is -0.132. The van der Waals surface area contributed by atoms with E-state index in [0.29, 0.717) is 19.3 Å². The van der Waals surface area contributed by atoms with Crippen LogP contribution in [-0.4, -0.2) is 65.8 Å². The van der Waals surface area contributed by atoms with Crippen LogP contribution in [0.2, 0.25) is 5.15 Å². The summed E-state index contributed by atoms with van der Waals surface area (Å²) in [6.07, 6.45) is 3.43.